The van der Waals surface area contributed by atoms with Gasteiger partial charge in [0.2, 0.25) is 11.0 Å². The molecule has 0 saturated carbocycles. The second-order valence-corrected chi connectivity index (χ2v) is 9.32. The number of nitro groups is 1. The highest BCUT2D eigenvalue weighted by molar-refractivity contribution is 8.01. The third-order valence-corrected chi connectivity index (χ3v) is 7.06. The average molecular weight is 485 g/mol. The highest BCUT2D eigenvalue weighted by Gasteiger charge is 2.24. The Balaban J connectivity index is 1.26. The van der Waals surface area contributed by atoms with E-state index in [0.29, 0.717) is 36.1 Å². The van der Waals surface area contributed by atoms with Crippen molar-refractivity contribution in [1.29, 1.82) is 0 Å². The van der Waals surface area contributed by atoms with Crippen molar-refractivity contribution in [2.45, 2.75) is 4.34 Å². The Morgan fingerprint density at radius 1 is 1.03 bits per heavy atom. The van der Waals surface area contributed by atoms with Gasteiger partial charge in [-0.3, -0.25) is 19.7 Å². The standard InChI is InChI=1S/C21H20N6O4S2/c28-18(22-16-4-2-1-3-5-16)14-32-21-24-23-20(33-21)26-12-10-25(11-13-26)19(29)15-6-8-17(9-7-15)27(30)31/h1-9H,10-14H2,(H,22,28). The second-order valence-electron chi connectivity index (χ2n) is 7.14. The number of hydrogen-bond donors (Lipinski definition) is 1. The normalized spacial score (nSPS) is 13.6. The number of para-hydroxylation sites is 1. The molecule has 170 valence electrons. The summed E-state index contributed by atoms with van der Waals surface area (Å²) < 4.78 is 0.706. The molecule has 1 fully saturated rings. The van der Waals surface area contributed by atoms with Crippen LogP contribution in [-0.2, 0) is 4.79 Å². The van der Waals surface area contributed by atoms with Gasteiger partial charge in [0, 0.05) is 49.6 Å². The minimum atomic E-state index is -0.489. The van der Waals surface area contributed by atoms with Crippen LogP contribution in [0.25, 0.3) is 0 Å². The number of amides is 2. The van der Waals surface area contributed by atoms with Crippen molar-refractivity contribution < 1.29 is 14.5 Å². The van der Waals surface area contributed by atoms with E-state index in [4.69, 9.17) is 0 Å². The first-order valence-corrected chi connectivity index (χ1v) is 11.9. The van der Waals surface area contributed by atoms with Gasteiger partial charge >= 0.3 is 0 Å². The average Bonchev–Trinajstić information content (AvgIpc) is 3.32. The molecule has 10 nitrogen and oxygen atoms in total. The summed E-state index contributed by atoms with van der Waals surface area (Å²) in [5.74, 6) is -0.0232. The molecule has 0 aliphatic carbocycles. The molecule has 0 unspecified atom stereocenters. The third-order valence-electron chi connectivity index (χ3n) is 4.94. The molecule has 2 heterocycles. The predicted molar refractivity (Wildman–Crippen MR) is 127 cm³/mol. The van der Waals surface area contributed by atoms with E-state index in [-0.39, 0.29) is 23.3 Å². The van der Waals surface area contributed by atoms with E-state index in [2.05, 4.69) is 20.4 Å². The van der Waals surface area contributed by atoms with E-state index >= 15 is 0 Å². The molecular formula is C21H20N6O4S2. The highest BCUT2D eigenvalue weighted by Crippen LogP contribution is 2.29. The largest absolute Gasteiger partial charge is 0.343 e. The fraction of sp³-hybridized carbons (Fsp3) is 0.238. The van der Waals surface area contributed by atoms with Crippen molar-refractivity contribution in [3.63, 3.8) is 0 Å². The Labute approximate surface area is 197 Å². The van der Waals surface area contributed by atoms with Crippen LogP contribution in [0.1, 0.15) is 10.4 Å². The summed E-state index contributed by atoms with van der Waals surface area (Å²) in [5.41, 5.74) is 1.14. The van der Waals surface area contributed by atoms with Crippen molar-refractivity contribution in [3.8, 4) is 0 Å². The molecule has 0 spiro atoms. The van der Waals surface area contributed by atoms with Crippen molar-refractivity contribution in [3.05, 3.63) is 70.3 Å². The highest BCUT2D eigenvalue weighted by atomic mass is 32.2. The molecule has 4 rings (SSSR count). The molecule has 2 amide bonds. The predicted octanol–water partition coefficient (Wildman–Crippen LogP) is 3.14. The van der Waals surface area contributed by atoms with Crippen molar-refractivity contribution in [2.75, 3.05) is 42.1 Å². The molecule has 2 aromatic carbocycles. The number of anilines is 2. The van der Waals surface area contributed by atoms with Gasteiger partial charge in [-0.1, -0.05) is 41.3 Å². The van der Waals surface area contributed by atoms with Crippen LogP contribution < -0.4 is 10.2 Å². The van der Waals surface area contributed by atoms with Crippen LogP contribution in [0.4, 0.5) is 16.5 Å². The van der Waals surface area contributed by atoms with E-state index in [9.17, 15) is 19.7 Å². The van der Waals surface area contributed by atoms with Gasteiger partial charge < -0.3 is 15.1 Å². The molecule has 0 bridgehead atoms. The summed E-state index contributed by atoms with van der Waals surface area (Å²) in [6, 6.07) is 14.9. The molecule has 33 heavy (non-hydrogen) atoms. The molecule has 1 aliphatic heterocycles. The molecule has 0 radical (unpaired) electrons. The minimum absolute atomic E-state index is 0.0427. The lowest BCUT2D eigenvalue weighted by Gasteiger charge is -2.34. The van der Waals surface area contributed by atoms with Crippen molar-refractivity contribution in [2.24, 2.45) is 0 Å². The number of rotatable bonds is 7. The Kier molecular flexibility index (Phi) is 7.15. The maximum absolute atomic E-state index is 12.7. The number of thioether (sulfide) groups is 1. The fourth-order valence-electron chi connectivity index (χ4n) is 3.24. The van der Waals surface area contributed by atoms with E-state index in [0.717, 1.165) is 10.8 Å². The maximum Gasteiger partial charge on any atom is 0.269 e. The van der Waals surface area contributed by atoms with Gasteiger partial charge in [0.05, 0.1) is 10.7 Å². The number of hydrogen-bond acceptors (Lipinski definition) is 9. The summed E-state index contributed by atoms with van der Waals surface area (Å²) in [7, 11) is 0. The topological polar surface area (TPSA) is 122 Å². The van der Waals surface area contributed by atoms with Gasteiger partial charge in [-0.05, 0) is 24.3 Å². The van der Waals surface area contributed by atoms with E-state index in [1.807, 2.05) is 30.3 Å². The summed E-state index contributed by atoms with van der Waals surface area (Å²) in [6.07, 6.45) is 0. The van der Waals surface area contributed by atoms with Gasteiger partial charge in [0.25, 0.3) is 11.6 Å². The molecule has 1 aliphatic rings. The number of nitrogens with zero attached hydrogens (tertiary/aromatic N) is 5. The van der Waals surface area contributed by atoms with Gasteiger partial charge in [0.1, 0.15) is 0 Å². The Morgan fingerprint density at radius 2 is 1.73 bits per heavy atom. The van der Waals surface area contributed by atoms with Crippen LogP contribution in [0.5, 0.6) is 0 Å². The summed E-state index contributed by atoms with van der Waals surface area (Å²) in [5, 5.41) is 22.8. The van der Waals surface area contributed by atoms with Crippen molar-refractivity contribution in [1.82, 2.24) is 15.1 Å². The van der Waals surface area contributed by atoms with Gasteiger partial charge in [-0.25, -0.2) is 0 Å². The summed E-state index contributed by atoms with van der Waals surface area (Å²) in [4.78, 5) is 38.9. The number of nitro benzene ring substituents is 1. The van der Waals surface area contributed by atoms with Crippen LogP contribution in [0.2, 0.25) is 0 Å². The number of carbonyl (C=O) groups is 2. The molecule has 0 atom stereocenters. The first-order valence-electron chi connectivity index (χ1n) is 10.1. The maximum atomic E-state index is 12.7. The van der Waals surface area contributed by atoms with Crippen LogP contribution in [-0.4, -0.2) is 63.8 Å². The van der Waals surface area contributed by atoms with E-state index < -0.39 is 4.92 Å². The van der Waals surface area contributed by atoms with Gasteiger partial charge in [0.15, 0.2) is 4.34 Å². The van der Waals surface area contributed by atoms with E-state index in [1.165, 1.54) is 47.4 Å². The fourth-order valence-corrected chi connectivity index (χ4v) is 4.94. The SMILES string of the molecule is O=C(CSc1nnc(N2CCN(C(=O)c3ccc([N+](=O)[O-])cc3)CC2)s1)Nc1ccccc1. The zero-order valence-corrected chi connectivity index (χ0v) is 19.1. The van der Waals surface area contributed by atoms with Crippen LogP contribution in [0.15, 0.2) is 58.9 Å². The van der Waals surface area contributed by atoms with E-state index in [1.54, 1.807) is 4.90 Å². The first-order chi connectivity index (χ1) is 16.0. The quantitative estimate of drug-likeness (QED) is 0.308. The Bertz CT molecular complexity index is 1130. The third kappa shape index (κ3) is 5.84. The molecular weight excluding hydrogens is 464 g/mol. The Hall–Kier alpha value is -3.51. The number of carbonyl (C=O) groups excluding carboxylic acids is 2. The summed E-state index contributed by atoms with van der Waals surface area (Å²) in [6.45, 7) is 2.23. The van der Waals surface area contributed by atoms with Crippen LogP contribution in [0, 0.1) is 10.1 Å². The minimum Gasteiger partial charge on any atom is -0.343 e. The number of benzene rings is 2. The lowest BCUT2D eigenvalue weighted by Crippen LogP contribution is -2.48. The molecule has 1 N–H and O–H groups in total. The number of non-ortho nitro benzene ring substituents is 1. The number of piperazine rings is 1. The molecule has 12 heteroatoms. The van der Waals surface area contributed by atoms with Crippen LogP contribution in [0.3, 0.4) is 0 Å². The van der Waals surface area contributed by atoms with Gasteiger partial charge in [-0.2, -0.15) is 0 Å². The Morgan fingerprint density at radius 3 is 2.39 bits per heavy atom. The zero-order valence-electron chi connectivity index (χ0n) is 17.4. The smallest absolute Gasteiger partial charge is 0.269 e. The molecule has 1 saturated heterocycles. The molecule has 3 aromatic rings. The second kappa shape index (κ2) is 10.4. The van der Waals surface area contributed by atoms with Crippen molar-refractivity contribution >= 4 is 51.4 Å². The lowest BCUT2D eigenvalue weighted by molar-refractivity contribution is -0.384. The first kappa shape index (κ1) is 22.7. The van der Waals surface area contributed by atoms with Crippen LogP contribution >= 0.6 is 23.1 Å². The zero-order chi connectivity index (χ0) is 23.2. The lowest BCUT2D eigenvalue weighted by atomic mass is 10.1. The molecule has 1 aromatic heterocycles. The number of aromatic nitrogens is 2. The summed E-state index contributed by atoms with van der Waals surface area (Å²) >= 11 is 2.75. The van der Waals surface area contributed by atoms with Gasteiger partial charge in [-0.15, -0.1) is 10.2 Å². The monoisotopic (exact) mass is 484 g/mol. The number of nitrogens with one attached hydrogen (secondary N) is 1.